The first-order valence-electron chi connectivity index (χ1n) is 11.2. The molecule has 1 atom stereocenters. The molecule has 1 spiro atoms. The Bertz CT molecular complexity index is 628. The summed E-state index contributed by atoms with van der Waals surface area (Å²) in [5, 5.41) is 7.12. The molecular formula is C21H34F3N3O4. The van der Waals surface area contributed by atoms with E-state index in [4.69, 9.17) is 14.6 Å². The van der Waals surface area contributed by atoms with Gasteiger partial charge in [0.05, 0.1) is 6.61 Å². The number of rotatable bonds is 4. The second-order valence-corrected chi connectivity index (χ2v) is 9.45. The normalized spacial score (nSPS) is 26.1. The molecule has 3 heterocycles. The molecule has 0 bridgehead atoms. The molecule has 31 heavy (non-hydrogen) atoms. The fourth-order valence-electron chi connectivity index (χ4n) is 5.10. The van der Waals surface area contributed by atoms with Crippen LogP contribution in [0.5, 0.6) is 0 Å². The third-order valence-corrected chi connectivity index (χ3v) is 6.99. The molecule has 2 amide bonds. The van der Waals surface area contributed by atoms with E-state index in [0.29, 0.717) is 17.5 Å². The highest BCUT2D eigenvalue weighted by Gasteiger charge is 2.47. The number of likely N-dealkylation sites (tertiary alicyclic amines) is 3. The molecule has 0 aromatic rings. The number of amides is 2. The molecule has 4 aliphatic rings. The molecule has 0 aromatic heterocycles. The van der Waals surface area contributed by atoms with Gasteiger partial charge in [0.1, 0.15) is 0 Å². The van der Waals surface area contributed by atoms with Crippen LogP contribution in [0.4, 0.5) is 18.0 Å². The Morgan fingerprint density at radius 3 is 2.10 bits per heavy atom. The quantitative estimate of drug-likeness (QED) is 0.714. The van der Waals surface area contributed by atoms with Gasteiger partial charge in [-0.3, -0.25) is 4.90 Å². The summed E-state index contributed by atoms with van der Waals surface area (Å²) in [5.74, 6) is -1.82. The van der Waals surface area contributed by atoms with Crippen molar-refractivity contribution >= 4 is 12.0 Å². The topological polar surface area (TPSA) is 73.3 Å². The van der Waals surface area contributed by atoms with E-state index in [-0.39, 0.29) is 0 Å². The van der Waals surface area contributed by atoms with Crippen molar-refractivity contribution in [2.24, 2.45) is 11.3 Å². The van der Waals surface area contributed by atoms with E-state index in [2.05, 4.69) is 14.7 Å². The summed E-state index contributed by atoms with van der Waals surface area (Å²) < 4.78 is 37.2. The molecule has 10 heteroatoms. The molecule has 7 nitrogen and oxygen atoms in total. The molecule has 178 valence electrons. The zero-order valence-corrected chi connectivity index (χ0v) is 18.2. The van der Waals surface area contributed by atoms with Crippen LogP contribution in [0, 0.1) is 11.3 Å². The maximum atomic E-state index is 12.6. The van der Waals surface area contributed by atoms with E-state index in [0.717, 1.165) is 38.7 Å². The fraction of sp³-hybridized carbons (Fsp3) is 0.905. The maximum Gasteiger partial charge on any atom is 0.490 e. The first-order valence-corrected chi connectivity index (χ1v) is 11.2. The first kappa shape index (κ1) is 24.1. The number of carbonyl (C=O) groups is 2. The number of ether oxygens (including phenoxy) is 1. The summed E-state index contributed by atoms with van der Waals surface area (Å²) in [6, 6.07) is 0.889. The van der Waals surface area contributed by atoms with Crippen LogP contribution in [0.25, 0.3) is 0 Å². The second-order valence-electron chi connectivity index (χ2n) is 9.45. The zero-order chi connectivity index (χ0) is 22.6. The van der Waals surface area contributed by atoms with Crippen molar-refractivity contribution in [3.63, 3.8) is 0 Å². The number of hydrogen-bond donors (Lipinski definition) is 1. The van der Waals surface area contributed by atoms with Crippen molar-refractivity contribution in [3.8, 4) is 0 Å². The monoisotopic (exact) mass is 449 g/mol. The molecule has 0 aromatic carbocycles. The van der Waals surface area contributed by atoms with Gasteiger partial charge in [0, 0.05) is 52.4 Å². The Labute approximate surface area is 181 Å². The van der Waals surface area contributed by atoms with E-state index in [1.165, 1.54) is 58.0 Å². The Kier molecular flexibility index (Phi) is 7.72. The highest BCUT2D eigenvalue weighted by atomic mass is 19.4. The van der Waals surface area contributed by atoms with Gasteiger partial charge in [-0.25, -0.2) is 9.59 Å². The molecule has 1 saturated carbocycles. The molecule has 1 aliphatic carbocycles. The zero-order valence-electron chi connectivity index (χ0n) is 18.2. The third-order valence-electron chi connectivity index (χ3n) is 6.99. The third kappa shape index (κ3) is 6.47. The number of carboxylic acids is 1. The lowest BCUT2D eigenvalue weighted by Gasteiger charge is -2.40. The summed E-state index contributed by atoms with van der Waals surface area (Å²) in [6.45, 7) is 7.19. The summed E-state index contributed by atoms with van der Waals surface area (Å²) >= 11 is 0. The van der Waals surface area contributed by atoms with Gasteiger partial charge in [-0.05, 0) is 56.3 Å². The van der Waals surface area contributed by atoms with E-state index < -0.39 is 12.1 Å². The number of aliphatic carboxylic acids is 1. The molecule has 1 unspecified atom stereocenters. The maximum absolute atomic E-state index is 12.6. The van der Waals surface area contributed by atoms with Gasteiger partial charge in [0.2, 0.25) is 0 Å². The Balaban J connectivity index is 0.000000339. The molecular weight excluding hydrogens is 415 g/mol. The van der Waals surface area contributed by atoms with Crippen molar-refractivity contribution in [3.05, 3.63) is 0 Å². The average molecular weight is 450 g/mol. The van der Waals surface area contributed by atoms with Crippen LogP contribution in [0.3, 0.4) is 0 Å². The number of halogens is 3. The van der Waals surface area contributed by atoms with Crippen LogP contribution < -0.4 is 0 Å². The minimum atomic E-state index is -5.08. The summed E-state index contributed by atoms with van der Waals surface area (Å²) in [5.41, 5.74) is 0.430. The Morgan fingerprint density at radius 1 is 1.06 bits per heavy atom. The number of carboxylic acid groups (broad SMARTS) is 1. The van der Waals surface area contributed by atoms with Crippen LogP contribution >= 0.6 is 0 Å². The van der Waals surface area contributed by atoms with Crippen molar-refractivity contribution < 1.29 is 32.6 Å². The average Bonchev–Trinajstić information content (AvgIpc) is 3.23. The van der Waals surface area contributed by atoms with Crippen LogP contribution in [0.1, 0.15) is 44.9 Å². The van der Waals surface area contributed by atoms with E-state index in [1.807, 2.05) is 7.11 Å². The SMILES string of the molecule is COCC1CC2(CCN(C(=O)N3CCCC3)CC2)CN1CC1CC1.O=C(O)C(F)(F)F. The number of methoxy groups -OCH3 is 1. The van der Waals surface area contributed by atoms with Crippen LogP contribution in [0.2, 0.25) is 0 Å². The van der Waals surface area contributed by atoms with Crippen LogP contribution in [-0.4, -0.2) is 97.0 Å². The second kappa shape index (κ2) is 9.94. The minimum absolute atomic E-state index is 0.295. The van der Waals surface area contributed by atoms with Gasteiger partial charge < -0.3 is 19.6 Å². The minimum Gasteiger partial charge on any atom is -0.475 e. The summed E-state index contributed by atoms with van der Waals surface area (Å²) in [4.78, 5) is 28.4. The first-order chi connectivity index (χ1) is 14.6. The summed E-state index contributed by atoms with van der Waals surface area (Å²) in [6.07, 6.45) is 3.72. The lowest BCUT2D eigenvalue weighted by atomic mass is 9.76. The number of piperidine rings is 1. The molecule has 1 N–H and O–H groups in total. The predicted octanol–water partition coefficient (Wildman–Crippen LogP) is 3.05. The van der Waals surface area contributed by atoms with Gasteiger partial charge in [-0.15, -0.1) is 0 Å². The standard InChI is InChI=1S/C19H33N3O2.C2HF3O2/c1-24-14-17-12-19(15-22(17)13-16-4-5-16)6-10-21(11-7-19)18(23)20-8-2-3-9-20;3-2(4,5)1(6)7/h16-17H,2-15H2,1H3;(H,6,7). The van der Waals surface area contributed by atoms with Crippen LogP contribution in [0.15, 0.2) is 0 Å². The lowest BCUT2D eigenvalue weighted by Crippen LogP contribution is -2.48. The lowest BCUT2D eigenvalue weighted by molar-refractivity contribution is -0.192. The number of urea groups is 1. The Hall–Kier alpha value is -1.55. The number of nitrogens with zero attached hydrogens (tertiary/aromatic N) is 3. The van der Waals surface area contributed by atoms with Gasteiger partial charge in [-0.2, -0.15) is 13.2 Å². The predicted molar refractivity (Wildman–Crippen MR) is 108 cm³/mol. The Morgan fingerprint density at radius 2 is 1.61 bits per heavy atom. The van der Waals surface area contributed by atoms with Crippen molar-refractivity contribution in [2.45, 2.75) is 57.2 Å². The number of carbonyl (C=O) groups excluding carboxylic acids is 1. The van der Waals surface area contributed by atoms with E-state index in [1.54, 1.807) is 0 Å². The van der Waals surface area contributed by atoms with Gasteiger partial charge >= 0.3 is 18.2 Å². The van der Waals surface area contributed by atoms with Crippen LogP contribution in [-0.2, 0) is 9.53 Å². The largest absolute Gasteiger partial charge is 0.490 e. The van der Waals surface area contributed by atoms with Gasteiger partial charge in [0.15, 0.2) is 0 Å². The van der Waals surface area contributed by atoms with Crippen molar-refractivity contribution in [1.82, 2.24) is 14.7 Å². The number of hydrogen-bond acceptors (Lipinski definition) is 4. The van der Waals surface area contributed by atoms with Gasteiger partial charge in [-0.1, -0.05) is 0 Å². The smallest absolute Gasteiger partial charge is 0.475 e. The highest BCUT2D eigenvalue weighted by molar-refractivity contribution is 5.74. The number of alkyl halides is 3. The summed E-state index contributed by atoms with van der Waals surface area (Å²) in [7, 11) is 1.83. The molecule has 0 radical (unpaired) electrons. The highest BCUT2D eigenvalue weighted by Crippen LogP contribution is 2.45. The molecule has 4 fully saturated rings. The van der Waals surface area contributed by atoms with Crippen molar-refractivity contribution in [2.75, 3.05) is 53.0 Å². The molecule has 3 aliphatic heterocycles. The van der Waals surface area contributed by atoms with Gasteiger partial charge in [0.25, 0.3) is 0 Å². The molecule has 4 rings (SSSR count). The van der Waals surface area contributed by atoms with E-state index in [9.17, 15) is 18.0 Å². The molecule has 3 saturated heterocycles. The fourth-order valence-corrected chi connectivity index (χ4v) is 5.10. The van der Waals surface area contributed by atoms with Crippen molar-refractivity contribution in [1.29, 1.82) is 0 Å². The van der Waals surface area contributed by atoms with E-state index >= 15 is 0 Å².